The van der Waals surface area contributed by atoms with Crippen LogP contribution in [0, 0.1) is 0 Å². The van der Waals surface area contributed by atoms with Crippen molar-refractivity contribution >= 4 is 24.1 Å². The van der Waals surface area contributed by atoms with Gasteiger partial charge < -0.3 is 9.64 Å². The van der Waals surface area contributed by atoms with Gasteiger partial charge in [0.1, 0.15) is 6.04 Å². The monoisotopic (exact) mass is 231 g/mol. The van der Waals surface area contributed by atoms with Crippen molar-refractivity contribution in [2.45, 2.75) is 37.6 Å². The number of carbonyl (C=O) groups excluding carboxylic acids is 2. The highest BCUT2D eigenvalue weighted by atomic mass is 32.2. The van der Waals surface area contributed by atoms with Crippen LogP contribution in [0.2, 0.25) is 0 Å². The molecule has 0 spiro atoms. The standard InChI is InChI=1S/C10H17NO3S/c1-3-4-5-9-11(7-12)8(6-15-9)10(13)14-2/h7-9H,3-6H2,1-2H3. The van der Waals surface area contributed by atoms with E-state index < -0.39 is 0 Å². The highest BCUT2D eigenvalue weighted by Crippen LogP contribution is 2.31. The number of hydrogen-bond acceptors (Lipinski definition) is 4. The Kier molecular flexibility index (Phi) is 4.94. The van der Waals surface area contributed by atoms with Gasteiger partial charge in [0, 0.05) is 5.75 Å². The molecule has 2 atom stereocenters. The fourth-order valence-corrected chi connectivity index (χ4v) is 3.07. The van der Waals surface area contributed by atoms with Crippen molar-refractivity contribution in [3.8, 4) is 0 Å². The lowest BCUT2D eigenvalue weighted by atomic mass is 10.2. The second-order valence-corrected chi connectivity index (χ2v) is 4.73. The molecule has 0 aromatic heterocycles. The maximum Gasteiger partial charge on any atom is 0.329 e. The Morgan fingerprint density at radius 1 is 1.67 bits per heavy atom. The van der Waals surface area contributed by atoms with Crippen molar-refractivity contribution < 1.29 is 14.3 Å². The van der Waals surface area contributed by atoms with E-state index in [1.54, 1.807) is 16.7 Å². The van der Waals surface area contributed by atoms with Crippen LogP contribution in [0.25, 0.3) is 0 Å². The van der Waals surface area contributed by atoms with Crippen LogP contribution >= 0.6 is 11.8 Å². The normalized spacial score (nSPS) is 25.3. The lowest BCUT2D eigenvalue weighted by Crippen LogP contribution is -2.41. The van der Waals surface area contributed by atoms with Crippen LogP contribution < -0.4 is 0 Å². The first kappa shape index (κ1) is 12.4. The summed E-state index contributed by atoms with van der Waals surface area (Å²) in [4.78, 5) is 23.9. The minimum absolute atomic E-state index is 0.145. The summed E-state index contributed by atoms with van der Waals surface area (Å²) in [5.41, 5.74) is 0. The molecule has 15 heavy (non-hydrogen) atoms. The SMILES string of the molecule is CCCCC1SCC(C(=O)OC)N1C=O. The highest BCUT2D eigenvalue weighted by Gasteiger charge is 2.37. The van der Waals surface area contributed by atoms with E-state index in [9.17, 15) is 9.59 Å². The number of methoxy groups -OCH3 is 1. The fourth-order valence-electron chi connectivity index (χ4n) is 1.65. The van der Waals surface area contributed by atoms with Crippen molar-refractivity contribution in [3.63, 3.8) is 0 Å². The number of amides is 1. The van der Waals surface area contributed by atoms with E-state index in [0.29, 0.717) is 5.75 Å². The van der Waals surface area contributed by atoms with Gasteiger partial charge in [-0.1, -0.05) is 19.8 Å². The van der Waals surface area contributed by atoms with Gasteiger partial charge in [-0.05, 0) is 6.42 Å². The first-order valence-electron chi connectivity index (χ1n) is 5.16. The summed E-state index contributed by atoms with van der Waals surface area (Å²) in [5, 5.41) is 0.145. The number of ether oxygens (including phenoxy) is 1. The molecule has 2 unspecified atom stereocenters. The summed E-state index contributed by atoms with van der Waals surface area (Å²) >= 11 is 1.66. The molecule has 1 fully saturated rings. The van der Waals surface area contributed by atoms with Gasteiger partial charge in [-0.25, -0.2) is 4.79 Å². The summed E-state index contributed by atoms with van der Waals surface area (Å²) in [6, 6.07) is -0.389. The van der Waals surface area contributed by atoms with E-state index in [1.165, 1.54) is 7.11 Å². The second kappa shape index (κ2) is 6.00. The smallest absolute Gasteiger partial charge is 0.329 e. The third kappa shape index (κ3) is 2.87. The minimum atomic E-state index is -0.389. The molecule has 86 valence electrons. The number of hydrogen-bond donors (Lipinski definition) is 0. The van der Waals surface area contributed by atoms with Crippen LogP contribution in [0.4, 0.5) is 0 Å². The molecule has 1 rings (SSSR count). The van der Waals surface area contributed by atoms with Crippen LogP contribution in [-0.4, -0.2) is 41.6 Å². The number of unbranched alkanes of at least 4 members (excludes halogenated alkanes) is 1. The maximum absolute atomic E-state index is 11.4. The molecule has 0 N–H and O–H groups in total. The van der Waals surface area contributed by atoms with Gasteiger partial charge in [0.15, 0.2) is 0 Å². The molecule has 1 amide bonds. The van der Waals surface area contributed by atoms with Crippen molar-refractivity contribution in [2.75, 3.05) is 12.9 Å². The molecular weight excluding hydrogens is 214 g/mol. The summed E-state index contributed by atoms with van der Waals surface area (Å²) in [6.07, 6.45) is 3.90. The van der Waals surface area contributed by atoms with E-state index in [-0.39, 0.29) is 17.4 Å². The highest BCUT2D eigenvalue weighted by molar-refractivity contribution is 8.00. The average Bonchev–Trinajstić information content (AvgIpc) is 2.67. The molecule has 0 aromatic rings. The lowest BCUT2D eigenvalue weighted by molar-refractivity contribution is -0.148. The third-order valence-electron chi connectivity index (χ3n) is 2.54. The lowest BCUT2D eigenvalue weighted by Gasteiger charge is -2.23. The van der Waals surface area contributed by atoms with E-state index >= 15 is 0 Å². The van der Waals surface area contributed by atoms with Gasteiger partial charge in [0.05, 0.1) is 12.5 Å². The first-order chi connectivity index (χ1) is 7.24. The first-order valence-corrected chi connectivity index (χ1v) is 6.21. The van der Waals surface area contributed by atoms with Crippen LogP contribution in [0.1, 0.15) is 26.2 Å². The molecule has 1 aliphatic heterocycles. The van der Waals surface area contributed by atoms with Crippen molar-refractivity contribution in [1.29, 1.82) is 0 Å². The number of carbonyl (C=O) groups is 2. The molecule has 5 heteroatoms. The quantitative estimate of drug-likeness (QED) is 0.528. The zero-order valence-corrected chi connectivity index (χ0v) is 9.96. The van der Waals surface area contributed by atoms with Gasteiger partial charge >= 0.3 is 5.97 Å². The molecule has 1 heterocycles. The van der Waals surface area contributed by atoms with Crippen LogP contribution in [0.3, 0.4) is 0 Å². The van der Waals surface area contributed by atoms with E-state index in [0.717, 1.165) is 25.7 Å². The molecule has 0 aromatic carbocycles. The molecule has 0 bridgehead atoms. The van der Waals surface area contributed by atoms with Gasteiger partial charge in [-0.2, -0.15) is 0 Å². The number of esters is 1. The van der Waals surface area contributed by atoms with Crippen LogP contribution in [-0.2, 0) is 14.3 Å². The molecule has 1 saturated heterocycles. The zero-order valence-electron chi connectivity index (χ0n) is 9.14. The minimum Gasteiger partial charge on any atom is -0.467 e. The summed E-state index contributed by atoms with van der Waals surface area (Å²) in [6.45, 7) is 2.11. The topological polar surface area (TPSA) is 46.6 Å². The number of nitrogens with zero attached hydrogens (tertiary/aromatic N) is 1. The van der Waals surface area contributed by atoms with Crippen molar-refractivity contribution in [2.24, 2.45) is 0 Å². The molecule has 1 aliphatic rings. The molecule has 4 nitrogen and oxygen atoms in total. The number of thioether (sulfide) groups is 1. The Labute approximate surface area is 94.3 Å². The third-order valence-corrected chi connectivity index (χ3v) is 3.91. The summed E-state index contributed by atoms with van der Waals surface area (Å²) < 4.78 is 4.67. The zero-order chi connectivity index (χ0) is 11.3. The Balaban J connectivity index is 2.56. The predicted octanol–water partition coefficient (Wildman–Crippen LogP) is 1.25. The van der Waals surface area contributed by atoms with Crippen LogP contribution in [0.15, 0.2) is 0 Å². The Morgan fingerprint density at radius 3 is 2.93 bits per heavy atom. The summed E-state index contributed by atoms with van der Waals surface area (Å²) in [7, 11) is 1.36. The summed E-state index contributed by atoms with van der Waals surface area (Å²) in [5.74, 6) is 0.341. The fraction of sp³-hybridized carbons (Fsp3) is 0.800. The molecule has 0 aliphatic carbocycles. The second-order valence-electron chi connectivity index (χ2n) is 3.52. The van der Waals surface area contributed by atoms with Crippen LogP contribution in [0.5, 0.6) is 0 Å². The molecular formula is C10H17NO3S. The Morgan fingerprint density at radius 2 is 2.40 bits per heavy atom. The Hall–Kier alpha value is -0.710. The van der Waals surface area contributed by atoms with Gasteiger partial charge in [0.2, 0.25) is 6.41 Å². The largest absolute Gasteiger partial charge is 0.467 e. The average molecular weight is 231 g/mol. The van der Waals surface area contributed by atoms with E-state index in [1.807, 2.05) is 0 Å². The predicted molar refractivity (Wildman–Crippen MR) is 59.5 cm³/mol. The molecule has 0 saturated carbocycles. The van der Waals surface area contributed by atoms with Gasteiger partial charge in [0.25, 0.3) is 0 Å². The number of rotatable bonds is 5. The van der Waals surface area contributed by atoms with E-state index in [2.05, 4.69) is 11.7 Å². The Bertz CT molecular complexity index is 235. The van der Waals surface area contributed by atoms with Gasteiger partial charge in [-0.3, -0.25) is 4.79 Å². The molecule has 0 radical (unpaired) electrons. The van der Waals surface area contributed by atoms with Gasteiger partial charge in [-0.15, -0.1) is 11.8 Å². The van der Waals surface area contributed by atoms with E-state index in [4.69, 9.17) is 0 Å². The van der Waals surface area contributed by atoms with Crippen molar-refractivity contribution in [1.82, 2.24) is 4.90 Å². The maximum atomic E-state index is 11.4. The van der Waals surface area contributed by atoms with Crippen molar-refractivity contribution in [3.05, 3.63) is 0 Å².